The second-order valence-electron chi connectivity index (χ2n) is 9.65. The Hall–Kier alpha value is -3.64. The maximum atomic E-state index is 12.9. The lowest BCUT2D eigenvalue weighted by Crippen LogP contribution is -2.14. The van der Waals surface area contributed by atoms with Crippen LogP contribution in [0.15, 0.2) is 95.9 Å². The van der Waals surface area contributed by atoms with Gasteiger partial charge in [-0.05, 0) is 58.7 Å². The number of carbonyl (C=O) groups excluding carboxylic acids is 1. The molecule has 4 aromatic rings. The molecule has 0 aliphatic heterocycles. The van der Waals surface area contributed by atoms with Gasteiger partial charge in [0.15, 0.2) is 0 Å². The average molecular weight is 487 g/mol. The van der Waals surface area contributed by atoms with Gasteiger partial charge in [0.2, 0.25) is 5.91 Å². The van der Waals surface area contributed by atoms with Crippen LogP contribution in [-0.2, 0) is 26.7 Å². The van der Waals surface area contributed by atoms with Crippen molar-refractivity contribution in [2.24, 2.45) is 0 Å². The van der Waals surface area contributed by atoms with Crippen LogP contribution in [0, 0.1) is 0 Å². The first-order valence-corrected chi connectivity index (χ1v) is 13.1. The summed E-state index contributed by atoms with van der Waals surface area (Å²) in [5, 5.41) is 4.63. The minimum Gasteiger partial charge on any atom is -0.326 e. The van der Waals surface area contributed by atoms with Crippen LogP contribution in [0.1, 0.15) is 38.3 Å². The summed E-state index contributed by atoms with van der Waals surface area (Å²) in [5.74, 6) is -0.116. The highest BCUT2D eigenvalue weighted by molar-refractivity contribution is 7.92. The Morgan fingerprint density at radius 2 is 1.46 bits per heavy atom. The van der Waals surface area contributed by atoms with Crippen molar-refractivity contribution in [1.82, 2.24) is 0 Å². The quantitative estimate of drug-likeness (QED) is 0.313. The van der Waals surface area contributed by atoms with Gasteiger partial charge in [-0.25, -0.2) is 8.42 Å². The molecule has 0 heterocycles. The maximum absolute atomic E-state index is 12.9. The first-order valence-electron chi connectivity index (χ1n) is 11.6. The predicted molar refractivity (Wildman–Crippen MR) is 143 cm³/mol. The molecule has 1 amide bonds. The molecular formula is C29H30N2O3S. The zero-order valence-corrected chi connectivity index (χ0v) is 21.0. The van der Waals surface area contributed by atoms with E-state index in [1.54, 1.807) is 18.2 Å². The molecule has 0 aliphatic rings. The SMILES string of the molecule is CC(C)(C)c1ccc(CCC(=O)Nc2ccc(S(=O)(=O)Nc3cccc4ccccc34)cc2)cc1. The first kappa shape index (κ1) is 24.5. The second kappa shape index (κ2) is 9.92. The molecule has 4 rings (SSSR count). The first-order chi connectivity index (χ1) is 16.6. The molecule has 0 spiro atoms. The molecule has 4 aromatic carbocycles. The smallest absolute Gasteiger partial charge is 0.261 e. The number of carbonyl (C=O) groups is 1. The highest BCUT2D eigenvalue weighted by Gasteiger charge is 2.16. The summed E-state index contributed by atoms with van der Waals surface area (Å²) in [4.78, 5) is 12.5. The van der Waals surface area contributed by atoms with Crippen molar-refractivity contribution in [1.29, 1.82) is 0 Å². The molecule has 0 bridgehead atoms. The molecule has 6 heteroatoms. The third kappa shape index (κ3) is 6.08. The molecule has 2 N–H and O–H groups in total. The van der Waals surface area contributed by atoms with Crippen molar-refractivity contribution in [3.63, 3.8) is 0 Å². The molecular weight excluding hydrogens is 456 g/mol. The van der Waals surface area contributed by atoms with E-state index in [9.17, 15) is 13.2 Å². The summed E-state index contributed by atoms with van der Waals surface area (Å²) >= 11 is 0. The Kier molecular flexibility index (Phi) is 6.94. The van der Waals surface area contributed by atoms with Crippen molar-refractivity contribution in [2.45, 2.75) is 43.9 Å². The van der Waals surface area contributed by atoms with Crippen LogP contribution in [0.5, 0.6) is 0 Å². The molecule has 0 saturated heterocycles. The van der Waals surface area contributed by atoms with E-state index in [1.807, 2.05) is 36.4 Å². The van der Waals surface area contributed by atoms with Gasteiger partial charge in [-0.1, -0.05) is 81.4 Å². The van der Waals surface area contributed by atoms with Crippen molar-refractivity contribution in [3.8, 4) is 0 Å². The molecule has 0 fully saturated rings. The van der Waals surface area contributed by atoms with E-state index in [2.05, 4.69) is 55.1 Å². The topological polar surface area (TPSA) is 75.3 Å². The lowest BCUT2D eigenvalue weighted by Gasteiger charge is -2.19. The van der Waals surface area contributed by atoms with Gasteiger partial charge >= 0.3 is 0 Å². The maximum Gasteiger partial charge on any atom is 0.261 e. The molecule has 0 unspecified atom stereocenters. The van der Waals surface area contributed by atoms with Crippen molar-refractivity contribution in [2.75, 3.05) is 10.0 Å². The molecule has 180 valence electrons. The van der Waals surface area contributed by atoms with Gasteiger partial charge < -0.3 is 5.32 Å². The van der Waals surface area contributed by atoms with Gasteiger partial charge in [0, 0.05) is 17.5 Å². The van der Waals surface area contributed by atoms with Gasteiger partial charge in [0.1, 0.15) is 0 Å². The Bertz CT molecular complexity index is 1430. The van der Waals surface area contributed by atoms with Crippen molar-refractivity contribution in [3.05, 3.63) is 102 Å². The number of anilines is 2. The molecule has 0 radical (unpaired) electrons. The van der Waals surface area contributed by atoms with Crippen molar-refractivity contribution >= 4 is 38.1 Å². The summed E-state index contributed by atoms with van der Waals surface area (Å²) in [5.41, 5.74) is 3.54. The molecule has 0 aliphatic carbocycles. The summed E-state index contributed by atoms with van der Waals surface area (Å²) in [6.07, 6.45) is 0.981. The number of amides is 1. The van der Waals surface area contributed by atoms with Crippen LogP contribution in [-0.4, -0.2) is 14.3 Å². The molecule has 5 nitrogen and oxygen atoms in total. The largest absolute Gasteiger partial charge is 0.326 e. The number of sulfonamides is 1. The molecule has 0 saturated carbocycles. The molecule has 35 heavy (non-hydrogen) atoms. The third-order valence-electron chi connectivity index (χ3n) is 5.94. The average Bonchev–Trinajstić information content (AvgIpc) is 2.83. The second-order valence-corrected chi connectivity index (χ2v) is 11.3. The van der Waals surface area contributed by atoms with Crippen LogP contribution in [0.4, 0.5) is 11.4 Å². The zero-order valence-electron chi connectivity index (χ0n) is 20.2. The van der Waals surface area contributed by atoms with Gasteiger partial charge in [-0.3, -0.25) is 9.52 Å². The summed E-state index contributed by atoms with van der Waals surface area (Å²) in [6.45, 7) is 6.52. The fraction of sp³-hybridized carbons (Fsp3) is 0.207. The number of aryl methyl sites for hydroxylation is 1. The van der Waals surface area contributed by atoms with Crippen LogP contribution in [0.2, 0.25) is 0 Å². The van der Waals surface area contributed by atoms with E-state index < -0.39 is 10.0 Å². The fourth-order valence-electron chi connectivity index (χ4n) is 3.89. The highest BCUT2D eigenvalue weighted by Crippen LogP contribution is 2.26. The van der Waals surface area contributed by atoms with Gasteiger partial charge in [-0.2, -0.15) is 0 Å². The lowest BCUT2D eigenvalue weighted by atomic mass is 9.86. The fourth-order valence-corrected chi connectivity index (χ4v) is 4.97. The normalized spacial score (nSPS) is 11.9. The Morgan fingerprint density at radius 1 is 0.800 bits per heavy atom. The Balaban J connectivity index is 1.37. The number of nitrogens with one attached hydrogen (secondary N) is 2. The number of hydrogen-bond acceptors (Lipinski definition) is 3. The minimum atomic E-state index is -3.77. The van der Waals surface area contributed by atoms with Crippen molar-refractivity contribution < 1.29 is 13.2 Å². The van der Waals surface area contributed by atoms with E-state index in [0.29, 0.717) is 24.2 Å². The summed E-state index contributed by atoms with van der Waals surface area (Å²) < 4.78 is 28.5. The van der Waals surface area contributed by atoms with E-state index in [4.69, 9.17) is 0 Å². The Morgan fingerprint density at radius 3 is 2.14 bits per heavy atom. The van der Waals surface area contributed by atoms with Crippen LogP contribution >= 0.6 is 0 Å². The van der Waals surface area contributed by atoms with Gasteiger partial charge in [-0.15, -0.1) is 0 Å². The van der Waals surface area contributed by atoms with E-state index in [0.717, 1.165) is 16.3 Å². The highest BCUT2D eigenvalue weighted by atomic mass is 32.2. The predicted octanol–water partition coefficient (Wildman–Crippen LogP) is 6.51. The van der Waals surface area contributed by atoms with Crippen LogP contribution < -0.4 is 10.0 Å². The van der Waals surface area contributed by atoms with Crippen LogP contribution in [0.25, 0.3) is 10.8 Å². The monoisotopic (exact) mass is 486 g/mol. The summed E-state index contributed by atoms with van der Waals surface area (Å²) in [7, 11) is -3.77. The lowest BCUT2D eigenvalue weighted by molar-refractivity contribution is -0.116. The summed E-state index contributed by atoms with van der Waals surface area (Å²) in [6, 6.07) is 27.6. The van der Waals surface area contributed by atoms with Gasteiger partial charge in [0.25, 0.3) is 10.0 Å². The van der Waals surface area contributed by atoms with Gasteiger partial charge in [0.05, 0.1) is 10.6 Å². The third-order valence-corrected chi connectivity index (χ3v) is 7.32. The number of benzene rings is 4. The Labute approximate surface area is 207 Å². The number of rotatable bonds is 7. The molecule has 0 atom stereocenters. The number of fused-ring (bicyclic) bond motifs is 1. The van der Waals surface area contributed by atoms with E-state index >= 15 is 0 Å². The van der Waals surface area contributed by atoms with E-state index in [1.165, 1.54) is 17.7 Å². The standard InChI is InChI=1S/C29H30N2O3S/c1-29(2,3)23-14-11-21(12-15-23)13-20-28(32)30-24-16-18-25(19-17-24)35(33,34)31-27-10-6-8-22-7-4-5-9-26(22)27/h4-12,14-19,31H,13,20H2,1-3H3,(H,30,32). The minimum absolute atomic E-state index is 0.0972. The van der Waals surface area contributed by atoms with E-state index in [-0.39, 0.29) is 16.2 Å². The van der Waals surface area contributed by atoms with Crippen LogP contribution in [0.3, 0.4) is 0 Å². The molecule has 0 aromatic heterocycles. The zero-order chi connectivity index (χ0) is 25.1. The number of hydrogen-bond donors (Lipinski definition) is 2.